The molecule has 10 heteroatoms. The first-order valence-electron chi connectivity index (χ1n) is 9.34. The number of hydrogen-bond acceptors (Lipinski definition) is 6. The van der Waals surface area contributed by atoms with Gasteiger partial charge in [0.05, 0.1) is 4.92 Å². The van der Waals surface area contributed by atoms with E-state index in [9.17, 15) is 14.9 Å². The Labute approximate surface area is 192 Å². The van der Waals surface area contributed by atoms with Gasteiger partial charge in [-0.3, -0.25) is 20.2 Å². The van der Waals surface area contributed by atoms with E-state index >= 15 is 0 Å². The molecule has 0 fully saturated rings. The molecule has 0 radical (unpaired) electrons. The minimum absolute atomic E-state index is 0.0814. The predicted molar refractivity (Wildman–Crippen MR) is 126 cm³/mol. The highest BCUT2D eigenvalue weighted by Crippen LogP contribution is 2.31. The quantitative estimate of drug-likeness (QED) is 0.232. The normalized spacial score (nSPS) is 10.7. The Morgan fingerprint density at radius 3 is 2.62 bits per heavy atom. The molecule has 0 aliphatic rings. The molecule has 0 aliphatic heterocycles. The third-order valence-electron chi connectivity index (χ3n) is 4.73. The monoisotopic (exact) mass is 466 g/mol. The highest BCUT2D eigenvalue weighted by molar-refractivity contribution is 7.80. The van der Waals surface area contributed by atoms with Crippen LogP contribution in [-0.2, 0) is 0 Å². The number of aromatic nitrogens is 1. The summed E-state index contributed by atoms with van der Waals surface area (Å²) < 4.78 is 5.85. The fourth-order valence-corrected chi connectivity index (χ4v) is 3.45. The lowest BCUT2D eigenvalue weighted by Gasteiger charge is -2.13. The molecule has 0 spiro atoms. The molecular formula is C22H15ClN4O4S. The largest absolute Gasteiger partial charge is 0.436 e. The maximum absolute atomic E-state index is 12.4. The van der Waals surface area contributed by atoms with Crippen LogP contribution in [0.25, 0.3) is 22.6 Å². The van der Waals surface area contributed by atoms with E-state index in [1.165, 1.54) is 24.3 Å². The van der Waals surface area contributed by atoms with E-state index in [-0.39, 0.29) is 16.4 Å². The maximum Gasteiger partial charge on any atom is 0.269 e. The van der Waals surface area contributed by atoms with E-state index in [0.717, 1.165) is 11.1 Å². The van der Waals surface area contributed by atoms with Crippen molar-refractivity contribution in [2.24, 2.45) is 0 Å². The van der Waals surface area contributed by atoms with Gasteiger partial charge >= 0.3 is 0 Å². The molecule has 32 heavy (non-hydrogen) atoms. The Kier molecular flexibility index (Phi) is 5.85. The number of nitro groups is 1. The fourth-order valence-electron chi connectivity index (χ4n) is 3.08. The highest BCUT2D eigenvalue weighted by atomic mass is 35.5. The molecule has 160 valence electrons. The topological polar surface area (TPSA) is 110 Å². The van der Waals surface area contributed by atoms with Crippen molar-refractivity contribution in [1.29, 1.82) is 0 Å². The zero-order valence-electron chi connectivity index (χ0n) is 16.6. The van der Waals surface area contributed by atoms with Crippen LogP contribution in [0.2, 0.25) is 5.02 Å². The Morgan fingerprint density at radius 2 is 1.91 bits per heavy atom. The SMILES string of the molecule is Cc1c(NC(=S)NC(=O)c2ccc([N+](=O)[O-])cc2)cccc1-c1nc2cc(Cl)ccc2o1. The molecule has 2 N–H and O–H groups in total. The van der Waals surface area contributed by atoms with Crippen molar-refractivity contribution in [3.63, 3.8) is 0 Å². The summed E-state index contributed by atoms with van der Waals surface area (Å²) in [6.45, 7) is 1.88. The zero-order chi connectivity index (χ0) is 22.8. The lowest BCUT2D eigenvalue weighted by Crippen LogP contribution is -2.34. The number of halogens is 1. The predicted octanol–water partition coefficient (Wildman–Crippen LogP) is 5.49. The fraction of sp³-hybridized carbons (Fsp3) is 0.0455. The van der Waals surface area contributed by atoms with E-state index in [2.05, 4.69) is 15.6 Å². The van der Waals surface area contributed by atoms with Crippen molar-refractivity contribution in [2.45, 2.75) is 6.92 Å². The van der Waals surface area contributed by atoms with E-state index in [4.69, 9.17) is 28.2 Å². The first-order valence-corrected chi connectivity index (χ1v) is 10.1. The average molecular weight is 467 g/mol. The van der Waals surface area contributed by atoms with Crippen LogP contribution in [0.4, 0.5) is 11.4 Å². The van der Waals surface area contributed by atoms with Gasteiger partial charge in [-0.05, 0) is 67.2 Å². The van der Waals surface area contributed by atoms with Crippen LogP contribution in [-0.4, -0.2) is 20.9 Å². The number of nitrogens with zero attached hydrogens (tertiary/aromatic N) is 2. The summed E-state index contributed by atoms with van der Waals surface area (Å²) in [6.07, 6.45) is 0. The van der Waals surface area contributed by atoms with Gasteiger partial charge in [0.15, 0.2) is 10.7 Å². The van der Waals surface area contributed by atoms with E-state index in [0.29, 0.717) is 27.7 Å². The number of hydrogen-bond donors (Lipinski definition) is 2. The van der Waals surface area contributed by atoms with Crippen LogP contribution >= 0.6 is 23.8 Å². The van der Waals surface area contributed by atoms with E-state index in [1.54, 1.807) is 18.2 Å². The Hall–Kier alpha value is -3.82. The van der Waals surface area contributed by atoms with Crippen molar-refractivity contribution in [3.8, 4) is 11.5 Å². The number of anilines is 1. The summed E-state index contributed by atoms with van der Waals surface area (Å²) >= 11 is 11.3. The standard InChI is InChI=1S/C22H15ClN4O4S/c1-12-16(21-24-18-11-14(23)7-10-19(18)31-21)3-2-4-17(12)25-22(32)26-20(28)13-5-8-15(9-6-13)27(29)30/h2-11H,1H3,(H2,25,26,28,32). The number of carbonyl (C=O) groups excluding carboxylic acids is 1. The molecule has 1 amide bonds. The summed E-state index contributed by atoms with van der Waals surface area (Å²) in [6, 6.07) is 15.9. The summed E-state index contributed by atoms with van der Waals surface area (Å²) in [5.74, 6) is -0.0497. The molecule has 3 aromatic carbocycles. The molecule has 0 unspecified atom stereocenters. The molecule has 8 nitrogen and oxygen atoms in total. The number of fused-ring (bicyclic) bond motifs is 1. The van der Waals surface area contributed by atoms with Crippen LogP contribution in [0.3, 0.4) is 0 Å². The maximum atomic E-state index is 12.4. The molecular weight excluding hydrogens is 452 g/mol. The molecule has 4 aromatic rings. The Morgan fingerprint density at radius 1 is 1.16 bits per heavy atom. The lowest BCUT2D eigenvalue weighted by molar-refractivity contribution is -0.384. The Bertz CT molecular complexity index is 1370. The molecule has 1 aromatic heterocycles. The molecule has 0 bridgehead atoms. The van der Waals surface area contributed by atoms with Gasteiger partial charge in [-0.2, -0.15) is 0 Å². The van der Waals surface area contributed by atoms with Gasteiger partial charge in [-0.1, -0.05) is 17.7 Å². The molecule has 0 saturated carbocycles. The van der Waals surface area contributed by atoms with Gasteiger partial charge in [0, 0.05) is 34.0 Å². The summed E-state index contributed by atoms with van der Waals surface area (Å²) in [5, 5.41) is 17.0. The number of non-ortho nitro benzene ring substituents is 1. The molecule has 4 rings (SSSR count). The van der Waals surface area contributed by atoms with E-state index < -0.39 is 10.8 Å². The minimum atomic E-state index is -0.533. The van der Waals surface area contributed by atoms with Crippen LogP contribution < -0.4 is 10.6 Å². The number of thiocarbonyl (C=S) groups is 1. The number of amides is 1. The number of benzene rings is 3. The molecule has 0 aliphatic carbocycles. The van der Waals surface area contributed by atoms with Gasteiger partial charge in [-0.25, -0.2) is 4.98 Å². The average Bonchev–Trinajstić information content (AvgIpc) is 3.18. The zero-order valence-corrected chi connectivity index (χ0v) is 18.2. The second kappa shape index (κ2) is 8.74. The lowest BCUT2D eigenvalue weighted by atomic mass is 10.1. The second-order valence-electron chi connectivity index (χ2n) is 6.82. The summed E-state index contributed by atoms with van der Waals surface area (Å²) in [5.41, 5.74) is 3.65. The van der Waals surface area contributed by atoms with Crippen molar-refractivity contribution in [3.05, 3.63) is 86.9 Å². The summed E-state index contributed by atoms with van der Waals surface area (Å²) in [4.78, 5) is 27.1. The molecule has 0 saturated heterocycles. The van der Waals surface area contributed by atoms with Gasteiger partial charge < -0.3 is 9.73 Å². The highest BCUT2D eigenvalue weighted by Gasteiger charge is 2.15. The van der Waals surface area contributed by atoms with Gasteiger partial charge in [0.1, 0.15) is 5.52 Å². The first-order chi connectivity index (χ1) is 15.3. The van der Waals surface area contributed by atoms with Crippen LogP contribution in [0.5, 0.6) is 0 Å². The number of rotatable bonds is 4. The molecule has 1 heterocycles. The smallest absolute Gasteiger partial charge is 0.269 e. The molecule has 0 atom stereocenters. The van der Waals surface area contributed by atoms with Gasteiger partial charge in [-0.15, -0.1) is 0 Å². The van der Waals surface area contributed by atoms with Crippen molar-refractivity contribution in [1.82, 2.24) is 10.3 Å². The van der Waals surface area contributed by atoms with Crippen molar-refractivity contribution < 1.29 is 14.1 Å². The first kappa shape index (κ1) is 21.4. The number of nitrogens with one attached hydrogen (secondary N) is 2. The van der Waals surface area contributed by atoms with Crippen LogP contribution in [0, 0.1) is 17.0 Å². The van der Waals surface area contributed by atoms with Gasteiger partial charge in [0.2, 0.25) is 5.89 Å². The number of nitro benzene ring substituents is 1. The number of carbonyl (C=O) groups is 1. The van der Waals surface area contributed by atoms with Crippen molar-refractivity contribution in [2.75, 3.05) is 5.32 Å². The number of oxazole rings is 1. The van der Waals surface area contributed by atoms with E-state index in [1.807, 2.05) is 25.1 Å². The van der Waals surface area contributed by atoms with Crippen LogP contribution in [0.15, 0.2) is 65.1 Å². The second-order valence-corrected chi connectivity index (χ2v) is 7.67. The third kappa shape index (κ3) is 4.43. The van der Waals surface area contributed by atoms with Crippen molar-refractivity contribution >= 4 is 57.3 Å². The Balaban J connectivity index is 1.51. The summed E-state index contributed by atoms with van der Waals surface area (Å²) in [7, 11) is 0. The van der Waals surface area contributed by atoms with Gasteiger partial charge in [0.25, 0.3) is 11.6 Å². The third-order valence-corrected chi connectivity index (χ3v) is 5.17. The minimum Gasteiger partial charge on any atom is -0.436 e. The van der Waals surface area contributed by atoms with Crippen LogP contribution in [0.1, 0.15) is 15.9 Å².